The maximum atomic E-state index is 11.4. The number of methoxy groups -OCH3 is 1. The average molecular weight is 254 g/mol. The number of anilines is 1. The monoisotopic (exact) mass is 254 g/mol. The van der Waals surface area contributed by atoms with Crippen molar-refractivity contribution >= 4 is 16.5 Å². The first-order chi connectivity index (χ1) is 8.28. The van der Waals surface area contributed by atoms with Crippen LogP contribution in [0.3, 0.4) is 0 Å². The van der Waals surface area contributed by atoms with Crippen LogP contribution < -0.4 is 10.1 Å². The molecular formula is C12H18N2O2S. The smallest absolute Gasteiger partial charge is 0.213 e. The van der Waals surface area contributed by atoms with Gasteiger partial charge in [0.1, 0.15) is 0 Å². The van der Waals surface area contributed by atoms with E-state index in [0.29, 0.717) is 11.9 Å². The minimum Gasteiger partial charge on any atom is -0.481 e. The molecule has 0 amide bonds. The second-order valence-corrected chi connectivity index (χ2v) is 5.91. The van der Waals surface area contributed by atoms with E-state index in [-0.39, 0.29) is 0 Å². The van der Waals surface area contributed by atoms with Crippen LogP contribution in [-0.2, 0) is 10.8 Å². The minimum atomic E-state index is -0.617. The molecule has 0 bridgehead atoms. The predicted octanol–water partition coefficient (Wildman–Crippen LogP) is 1.80. The Bertz CT molecular complexity index is 381. The fourth-order valence-corrected chi connectivity index (χ4v) is 3.22. The van der Waals surface area contributed by atoms with E-state index in [4.69, 9.17) is 4.74 Å². The number of ether oxygens (including phenoxy) is 1. The van der Waals surface area contributed by atoms with E-state index >= 15 is 0 Å². The van der Waals surface area contributed by atoms with Crippen molar-refractivity contribution in [2.75, 3.05) is 23.9 Å². The molecule has 2 heterocycles. The van der Waals surface area contributed by atoms with Crippen LogP contribution in [0.1, 0.15) is 19.3 Å². The summed E-state index contributed by atoms with van der Waals surface area (Å²) in [5, 5.41) is 3.44. The standard InChI is InChI=1S/C12H18N2O2S/c1-16-12-5-4-11(9-13-12)14-10-3-2-7-17(15)8-6-10/h4-5,9-10,14H,2-3,6-8H2,1H3. The molecule has 1 N–H and O–H groups in total. The lowest BCUT2D eigenvalue weighted by Crippen LogP contribution is -2.19. The first-order valence-electron chi connectivity index (χ1n) is 5.89. The molecule has 4 nitrogen and oxygen atoms in total. The summed E-state index contributed by atoms with van der Waals surface area (Å²) in [6.07, 6.45) is 4.87. The second-order valence-electron chi connectivity index (χ2n) is 4.21. The van der Waals surface area contributed by atoms with E-state index < -0.39 is 10.8 Å². The molecule has 1 fully saturated rings. The molecule has 1 aromatic heterocycles. The normalized spacial score (nSPS) is 25.0. The van der Waals surface area contributed by atoms with Crippen LogP contribution in [-0.4, -0.2) is 33.9 Å². The molecule has 17 heavy (non-hydrogen) atoms. The molecule has 5 heteroatoms. The molecule has 1 aliphatic heterocycles. The van der Waals surface area contributed by atoms with E-state index in [1.165, 1.54) is 0 Å². The van der Waals surface area contributed by atoms with E-state index in [1.54, 1.807) is 13.3 Å². The summed E-state index contributed by atoms with van der Waals surface area (Å²) in [6, 6.07) is 4.22. The molecule has 2 unspecified atom stereocenters. The molecule has 0 aromatic carbocycles. The van der Waals surface area contributed by atoms with Gasteiger partial charge in [-0.3, -0.25) is 4.21 Å². The summed E-state index contributed by atoms with van der Waals surface area (Å²) < 4.78 is 16.4. The number of aromatic nitrogens is 1. The fraction of sp³-hybridized carbons (Fsp3) is 0.583. The molecule has 94 valence electrons. The summed E-state index contributed by atoms with van der Waals surface area (Å²) >= 11 is 0. The maximum absolute atomic E-state index is 11.4. The quantitative estimate of drug-likeness (QED) is 0.893. The van der Waals surface area contributed by atoms with E-state index in [9.17, 15) is 4.21 Å². The van der Waals surface area contributed by atoms with Crippen LogP contribution in [0.25, 0.3) is 0 Å². The molecule has 1 aromatic rings. The molecular weight excluding hydrogens is 236 g/mol. The van der Waals surface area contributed by atoms with Gasteiger partial charge in [-0.2, -0.15) is 0 Å². The average Bonchev–Trinajstić information content (AvgIpc) is 2.56. The Balaban J connectivity index is 1.92. The van der Waals surface area contributed by atoms with Gasteiger partial charge < -0.3 is 10.1 Å². The number of hydrogen-bond acceptors (Lipinski definition) is 4. The van der Waals surface area contributed by atoms with Gasteiger partial charge in [0.2, 0.25) is 5.88 Å². The SMILES string of the molecule is COc1ccc(NC2CCCS(=O)CC2)cn1. The molecule has 0 spiro atoms. The van der Waals surface area contributed by atoms with Gasteiger partial charge in [-0.15, -0.1) is 0 Å². The van der Waals surface area contributed by atoms with Crippen molar-refractivity contribution in [3.63, 3.8) is 0 Å². The molecule has 2 rings (SSSR count). The Labute approximate surface area is 104 Å². The highest BCUT2D eigenvalue weighted by Gasteiger charge is 2.15. The zero-order valence-electron chi connectivity index (χ0n) is 10.0. The van der Waals surface area contributed by atoms with Gasteiger partial charge in [0.15, 0.2) is 0 Å². The lowest BCUT2D eigenvalue weighted by Gasteiger charge is -2.16. The number of rotatable bonds is 3. The van der Waals surface area contributed by atoms with Crippen molar-refractivity contribution in [3.05, 3.63) is 18.3 Å². The Morgan fingerprint density at radius 3 is 3.00 bits per heavy atom. The lowest BCUT2D eigenvalue weighted by molar-refractivity contribution is 0.398. The topological polar surface area (TPSA) is 51.2 Å². The largest absolute Gasteiger partial charge is 0.481 e. The second kappa shape index (κ2) is 6.00. The van der Waals surface area contributed by atoms with Gasteiger partial charge >= 0.3 is 0 Å². The highest BCUT2D eigenvalue weighted by Crippen LogP contribution is 2.17. The minimum absolute atomic E-state index is 0.414. The highest BCUT2D eigenvalue weighted by atomic mass is 32.2. The zero-order chi connectivity index (χ0) is 12.1. The van der Waals surface area contributed by atoms with Gasteiger partial charge in [0, 0.05) is 34.4 Å². The Morgan fingerprint density at radius 1 is 1.41 bits per heavy atom. The van der Waals surface area contributed by atoms with Crippen molar-refractivity contribution in [1.82, 2.24) is 4.98 Å². The van der Waals surface area contributed by atoms with Crippen molar-refractivity contribution in [3.8, 4) is 5.88 Å². The van der Waals surface area contributed by atoms with Crippen LogP contribution in [0.4, 0.5) is 5.69 Å². The zero-order valence-corrected chi connectivity index (χ0v) is 10.8. The van der Waals surface area contributed by atoms with Crippen LogP contribution in [0.15, 0.2) is 18.3 Å². The van der Waals surface area contributed by atoms with Crippen molar-refractivity contribution in [1.29, 1.82) is 0 Å². The summed E-state index contributed by atoms with van der Waals surface area (Å²) in [6.45, 7) is 0. The predicted molar refractivity (Wildman–Crippen MR) is 69.9 cm³/mol. The van der Waals surface area contributed by atoms with Crippen molar-refractivity contribution in [2.45, 2.75) is 25.3 Å². The third-order valence-corrected chi connectivity index (χ3v) is 4.37. The van der Waals surface area contributed by atoms with Crippen LogP contribution in [0, 0.1) is 0 Å². The summed E-state index contributed by atoms with van der Waals surface area (Å²) in [4.78, 5) is 4.16. The van der Waals surface area contributed by atoms with E-state index in [2.05, 4.69) is 10.3 Å². The van der Waals surface area contributed by atoms with Crippen LogP contribution in [0.2, 0.25) is 0 Å². The Morgan fingerprint density at radius 2 is 2.29 bits per heavy atom. The van der Waals surface area contributed by atoms with Crippen molar-refractivity contribution < 1.29 is 8.95 Å². The van der Waals surface area contributed by atoms with E-state index in [1.807, 2.05) is 12.1 Å². The highest BCUT2D eigenvalue weighted by molar-refractivity contribution is 7.84. The molecule has 0 aliphatic carbocycles. The number of pyridine rings is 1. The Kier molecular flexibility index (Phi) is 4.36. The summed E-state index contributed by atoms with van der Waals surface area (Å²) in [5.41, 5.74) is 1.00. The molecule has 0 saturated carbocycles. The molecule has 1 saturated heterocycles. The Hall–Kier alpha value is -1.10. The lowest BCUT2D eigenvalue weighted by atomic mass is 10.1. The fourth-order valence-electron chi connectivity index (χ4n) is 1.98. The van der Waals surface area contributed by atoms with Gasteiger partial charge in [-0.05, 0) is 25.3 Å². The molecule has 0 radical (unpaired) electrons. The third kappa shape index (κ3) is 3.70. The number of hydrogen-bond donors (Lipinski definition) is 1. The van der Waals surface area contributed by atoms with Gasteiger partial charge in [0.25, 0.3) is 0 Å². The van der Waals surface area contributed by atoms with Crippen LogP contribution in [0.5, 0.6) is 5.88 Å². The van der Waals surface area contributed by atoms with Crippen LogP contribution >= 0.6 is 0 Å². The van der Waals surface area contributed by atoms with Gasteiger partial charge in [-0.25, -0.2) is 4.98 Å². The first-order valence-corrected chi connectivity index (χ1v) is 7.38. The summed E-state index contributed by atoms with van der Waals surface area (Å²) in [7, 11) is 0.990. The first kappa shape index (κ1) is 12.4. The molecule has 2 atom stereocenters. The number of nitrogens with zero attached hydrogens (tertiary/aromatic N) is 1. The van der Waals surface area contributed by atoms with Crippen molar-refractivity contribution in [2.24, 2.45) is 0 Å². The summed E-state index contributed by atoms with van der Waals surface area (Å²) in [5.74, 6) is 2.28. The maximum Gasteiger partial charge on any atom is 0.213 e. The molecule has 1 aliphatic rings. The van der Waals surface area contributed by atoms with Gasteiger partial charge in [0.05, 0.1) is 19.0 Å². The van der Waals surface area contributed by atoms with E-state index in [0.717, 1.165) is 36.5 Å². The third-order valence-electron chi connectivity index (χ3n) is 2.93. The number of nitrogens with one attached hydrogen (secondary N) is 1. The van der Waals surface area contributed by atoms with Gasteiger partial charge in [-0.1, -0.05) is 0 Å².